The molecule has 0 aliphatic carbocycles. The molecule has 9 heteroatoms. The average molecular weight is 524 g/mol. The van der Waals surface area contributed by atoms with Crippen LogP contribution in [0.25, 0.3) is 0 Å². The zero-order chi connectivity index (χ0) is 26.0. The van der Waals surface area contributed by atoms with Crippen LogP contribution in [0.1, 0.15) is 54.4 Å². The molecule has 36 heavy (non-hydrogen) atoms. The summed E-state index contributed by atoms with van der Waals surface area (Å²) < 4.78 is 0.938. The molecule has 0 fully saturated rings. The van der Waals surface area contributed by atoms with Gasteiger partial charge in [-0.1, -0.05) is 50.8 Å². The second kappa shape index (κ2) is 13.6. The van der Waals surface area contributed by atoms with Gasteiger partial charge in [-0.25, -0.2) is 0 Å². The highest BCUT2D eigenvalue weighted by Crippen LogP contribution is 2.32. The van der Waals surface area contributed by atoms with Crippen molar-refractivity contribution < 1.29 is 0 Å². The summed E-state index contributed by atoms with van der Waals surface area (Å²) in [5, 5.41) is 26.2. The van der Waals surface area contributed by atoms with Gasteiger partial charge in [0.05, 0.1) is 17.1 Å². The number of azo groups is 2. The van der Waals surface area contributed by atoms with Crippen molar-refractivity contribution in [1.29, 1.82) is 0 Å². The maximum absolute atomic E-state index is 4.34. The minimum absolute atomic E-state index is 0.374. The molecule has 0 radical (unpaired) electrons. The zero-order valence-corrected chi connectivity index (χ0v) is 23.8. The Labute approximate surface area is 223 Å². The molecule has 2 aromatic carbocycles. The van der Waals surface area contributed by atoms with Crippen LogP contribution in [-0.2, 0) is 0 Å². The van der Waals surface area contributed by atoms with E-state index in [2.05, 4.69) is 89.2 Å². The highest BCUT2D eigenvalue weighted by atomic mass is 32.2. The summed E-state index contributed by atoms with van der Waals surface area (Å²) in [7, 11) is 0. The van der Waals surface area contributed by atoms with Gasteiger partial charge in [-0.3, -0.25) is 0 Å². The Hall–Kier alpha value is -2.65. The van der Waals surface area contributed by atoms with Crippen molar-refractivity contribution in [2.75, 3.05) is 23.7 Å². The van der Waals surface area contributed by atoms with Crippen LogP contribution in [0.3, 0.4) is 0 Å². The summed E-state index contributed by atoms with van der Waals surface area (Å²) in [5.41, 5.74) is 3.89. The molecule has 0 saturated heterocycles. The highest BCUT2D eigenvalue weighted by molar-refractivity contribution is 8.01. The number of anilines is 1. The van der Waals surface area contributed by atoms with E-state index < -0.39 is 0 Å². The molecular weight excluding hydrogens is 486 g/mol. The largest absolute Gasteiger partial charge is 0.372 e. The molecular formula is C27H37N7S2. The first-order valence-corrected chi connectivity index (χ1v) is 14.3. The molecule has 3 aromatic rings. The van der Waals surface area contributed by atoms with Crippen LogP contribution in [0.5, 0.6) is 0 Å². The predicted molar refractivity (Wildman–Crippen MR) is 153 cm³/mol. The maximum Gasteiger partial charge on any atom is 0.252 e. The molecule has 192 valence electrons. The summed E-state index contributed by atoms with van der Waals surface area (Å²) in [6, 6.07) is 15.6. The highest BCUT2D eigenvalue weighted by Gasteiger charge is 2.15. The second-order valence-corrected chi connectivity index (χ2v) is 12.3. The number of nitrogens with zero attached hydrogens (tertiary/aromatic N) is 7. The molecule has 0 bridgehead atoms. The Kier molecular flexibility index (Phi) is 10.6. The third-order valence-corrected chi connectivity index (χ3v) is 7.53. The second-order valence-electron chi connectivity index (χ2n) is 9.96. The number of hydrogen-bond donors (Lipinski definition) is 0. The van der Waals surface area contributed by atoms with Gasteiger partial charge in [0, 0.05) is 24.5 Å². The standard InChI is InChI=1S/C27H37N7S2/c1-7-34(8-2)24-15-13-23(14-16-24)29-28-21-9-11-22(12-10-21)30-31-25-32-33-26(36-25)35-18-17-20(3)19-27(4,5)6/h9-16,20H,7-8,17-19H2,1-6H3. The fourth-order valence-electron chi connectivity index (χ4n) is 3.92. The molecule has 7 nitrogen and oxygen atoms in total. The SMILES string of the molecule is CCN(CC)c1ccc(N=Nc2ccc(N=Nc3nnc(SCCC(C)CC(C)(C)C)s3)cc2)cc1. The van der Waals surface area contributed by atoms with Crippen LogP contribution in [0.2, 0.25) is 0 Å². The summed E-state index contributed by atoms with van der Waals surface area (Å²) in [4.78, 5) is 2.30. The van der Waals surface area contributed by atoms with E-state index in [1.165, 1.54) is 29.9 Å². The first-order valence-electron chi connectivity index (χ1n) is 12.5. The summed E-state index contributed by atoms with van der Waals surface area (Å²) in [6.07, 6.45) is 2.40. The molecule has 0 aliphatic rings. The quantitative estimate of drug-likeness (QED) is 0.175. The monoisotopic (exact) mass is 523 g/mol. The van der Waals surface area contributed by atoms with Gasteiger partial charge >= 0.3 is 0 Å². The van der Waals surface area contributed by atoms with Crippen molar-refractivity contribution in [2.45, 2.75) is 58.7 Å². The van der Waals surface area contributed by atoms with Gasteiger partial charge in [0.1, 0.15) is 0 Å². The van der Waals surface area contributed by atoms with Crippen LogP contribution in [0, 0.1) is 11.3 Å². The Morgan fingerprint density at radius 3 is 1.89 bits per heavy atom. The zero-order valence-electron chi connectivity index (χ0n) is 22.2. The molecule has 0 spiro atoms. The van der Waals surface area contributed by atoms with Gasteiger partial charge in [-0.2, -0.15) is 10.2 Å². The van der Waals surface area contributed by atoms with Gasteiger partial charge in [0.15, 0.2) is 4.34 Å². The van der Waals surface area contributed by atoms with E-state index in [-0.39, 0.29) is 0 Å². The smallest absolute Gasteiger partial charge is 0.252 e. The number of benzene rings is 2. The molecule has 3 rings (SSSR count). The average Bonchev–Trinajstić information content (AvgIpc) is 3.30. The minimum Gasteiger partial charge on any atom is -0.372 e. The lowest BCUT2D eigenvalue weighted by atomic mass is 9.84. The number of rotatable bonds is 12. The van der Waals surface area contributed by atoms with Crippen molar-refractivity contribution >= 4 is 51.0 Å². The minimum atomic E-state index is 0.374. The number of thioether (sulfide) groups is 1. The van der Waals surface area contributed by atoms with Gasteiger partial charge < -0.3 is 4.90 Å². The van der Waals surface area contributed by atoms with E-state index in [0.717, 1.165) is 40.2 Å². The molecule has 0 amide bonds. The van der Waals surface area contributed by atoms with Crippen LogP contribution in [-0.4, -0.2) is 29.0 Å². The Bertz CT molecular complexity index is 1110. The molecule has 0 N–H and O–H groups in total. The Morgan fingerprint density at radius 2 is 1.36 bits per heavy atom. The van der Waals surface area contributed by atoms with Gasteiger partial charge in [0.25, 0.3) is 5.13 Å². The van der Waals surface area contributed by atoms with Crippen molar-refractivity contribution in [1.82, 2.24) is 10.2 Å². The van der Waals surface area contributed by atoms with E-state index in [4.69, 9.17) is 0 Å². The van der Waals surface area contributed by atoms with Crippen molar-refractivity contribution in [3.05, 3.63) is 48.5 Å². The normalized spacial score (nSPS) is 13.1. The van der Waals surface area contributed by atoms with Crippen LogP contribution >= 0.6 is 23.1 Å². The lowest BCUT2D eigenvalue weighted by molar-refractivity contribution is 0.303. The summed E-state index contributed by atoms with van der Waals surface area (Å²) in [6.45, 7) is 15.5. The third kappa shape index (κ3) is 9.43. The van der Waals surface area contributed by atoms with E-state index in [0.29, 0.717) is 16.5 Å². The van der Waals surface area contributed by atoms with E-state index in [9.17, 15) is 0 Å². The predicted octanol–water partition coefficient (Wildman–Crippen LogP) is 9.77. The van der Waals surface area contributed by atoms with Crippen LogP contribution in [0.15, 0.2) is 73.3 Å². The fraction of sp³-hybridized carbons (Fsp3) is 0.481. The van der Waals surface area contributed by atoms with Gasteiger partial charge in [-0.05, 0) is 86.6 Å². The van der Waals surface area contributed by atoms with E-state index in [1.807, 2.05) is 36.4 Å². The molecule has 1 atom stereocenters. The molecule has 1 unspecified atom stereocenters. The lowest BCUT2D eigenvalue weighted by Crippen LogP contribution is -2.21. The third-order valence-electron chi connectivity index (χ3n) is 5.55. The van der Waals surface area contributed by atoms with E-state index >= 15 is 0 Å². The molecule has 0 aliphatic heterocycles. The van der Waals surface area contributed by atoms with Crippen LogP contribution in [0.4, 0.5) is 27.9 Å². The van der Waals surface area contributed by atoms with E-state index in [1.54, 1.807) is 11.8 Å². The topological polar surface area (TPSA) is 78.5 Å². The Morgan fingerprint density at radius 1 is 0.833 bits per heavy atom. The maximum atomic E-state index is 4.34. The summed E-state index contributed by atoms with van der Waals surface area (Å²) in [5.74, 6) is 1.74. The Balaban J connectivity index is 1.48. The van der Waals surface area contributed by atoms with Crippen molar-refractivity contribution in [3.63, 3.8) is 0 Å². The van der Waals surface area contributed by atoms with Gasteiger partial charge in [-0.15, -0.1) is 20.4 Å². The molecule has 1 aromatic heterocycles. The lowest BCUT2D eigenvalue weighted by Gasteiger charge is -2.22. The van der Waals surface area contributed by atoms with Crippen molar-refractivity contribution in [2.24, 2.45) is 31.8 Å². The summed E-state index contributed by atoms with van der Waals surface area (Å²) >= 11 is 3.22. The number of aromatic nitrogens is 2. The van der Waals surface area contributed by atoms with Gasteiger partial charge in [0.2, 0.25) is 0 Å². The van der Waals surface area contributed by atoms with Crippen LogP contribution < -0.4 is 4.90 Å². The first kappa shape index (κ1) is 27.9. The fourth-order valence-corrected chi connectivity index (χ4v) is 5.82. The molecule has 1 heterocycles. The molecule has 0 saturated carbocycles. The number of hydrogen-bond acceptors (Lipinski definition) is 9. The van der Waals surface area contributed by atoms with Crippen molar-refractivity contribution in [3.8, 4) is 0 Å². The first-order chi connectivity index (χ1) is 17.3.